The van der Waals surface area contributed by atoms with Crippen molar-refractivity contribution in [3.8, 4) is 5.75 Å². The number of ether oxygens (including phenoxy) is 2. The third kappa shape index (κ3) is 3.85. The number of aromatic nitrogens is 4. The lowest BCUT2D eigenvalue weighted by molar-refractivity contribution is -0.274. The van der Waals surface area contributed by atoms with Crippen molar-refractivity contribution in [2.75, 3.05) is 11.9 Å². The number of rotatable bonds is 5. The number of halogens is 3. The monoisotopic (exact) mass is 395 g/mol. The Labute approximate surface area is 156 Å². The minimum absolute atomic E-state index is 0.0427. The van der Waals surface area contributed by atoms with Crippen molar-refractivity contribution in [2.24, 2.45) is 0 Å². The molecule has 2 aromatic heterocycles. The highest BCUT2D eigenvalue weighted by molar-refractivity contribution is 5.85. The molecule has 0 bridgehead atoms. The number of anilines is 2. The molecule has 1 aromatic carbocycles. The zero-order chi connectivity index (χ0) is 19.7. The predicted molar refractivity (Wildman–Crippen MR) is 92.0 cm³/mol. The Kier molecular flexibility index (Phi) is 4.77. The molecule has 4 rings (SSSR count). The van der Waals surface area contributed by atoms with Crippen LogP contribution in [-0.4, -0.2) is 43.7 Å². The SMILES string of the molecule is OCC1CC[C@H](n2cnc3c(Nc4ccc(OC(F)(F)F)cc4)ncnc32)O1. The zero-order valence-electron chi connectivity index (χ0n) is 14.4. The van der Waals surface area contributed by atoms with E-state index in [0.29, 0.717) is 22.7 Å². The van der Waals surface area contributed by atoms with E-state index in [4.69, 9.17) is 4.74 Å². The molecular formula is C17H16F3N5O3. The molecule has 28 heavy (non-hydrogen) atoms. The van der Waals surface area contributed by atoms with Gasteiger partial charge in [0.15, 0.2) is 17.0 Å². The highest BCUT2D eigenvalue weighted by Gasteiger charge is 2.31. The van der Waals surface area contributed by atoms with Crippen LogP contribution in [0.15, 0.2) is 36.9 Å². The Morgan fingerprint density at radius 3 is 2.64 bits per heavy atom. The van der Waals surface area contributed by atoms with Crippen molar-refractivity contribution in [3.63, 3.8) is 0 Å². The molecule has 8 nitrogen and oxygen atoms in total. The molecule has 1 unspecified atom stereocenters. The van der Waals surface area contributed by atoms with Crippen LogP contribution in [-0.2, 0) is 4.74 Å². The van der Waals surface area contributed by atoms with E-state index >= 15 is 0 Å². The summed E-state index contributed by atoms with van der Waals surface area (Å²) in [5.74, 6) is 0.0944. The number of hydrogen-bond acceptors (Lipinski definition) is 7. The average Bonchev–Trinajstić information content (AvgIpc) is 3.29. The number of imidazole rings is 1. The van der Waals surface area contributed by atoms with Crippen LogP contribution in [0.25, 0.3) is 11.2 Å². The summed E-state index contributed by atoms with van der Waals surface area (Å²) in [5, 5.41) is 12.2. The number of hydrogen-bond donors (Lipinski definition) is 2. The zero-order valence-corrected chi connectivity index (χ0v) is 14.4. The summed E-state index contributed by atoms with van der Waals surface area (Å²) >= 11 is 0. The quantitative estimate of drug-likeness (QED) is 0.685. The third-order valence-corrected chi connectivity index (χ3v) is 4.31. The first-order valence-electron chi connectivity index (χ1n) is 8.49. The third-order valence-electron chi connectivity index (χ3n) is 4.31. The molecule has 1 aliphatic heterocycles. The van der Waals surface area contributed by atoms with Gasteiger partial charge in [-0.05, 0) is 37.1 Å². The van der Waals surface area contributed by atoms with E-state index in [1.54, 1.807) is 10.9 Å². The van der Waals surface area contributed by atoms with Crippen molar-refractivity contribution in [1.29, 1.82) is 0 Å². The number of nitrogens with one attached hydrogen (secondary N) is 1. The lowest BCUT2D eigenvalue weighted by atomic mass is 10.2. The van der Waals surface area contributed by atoms with Crippen molar-refractivity contribution in [1.82, 2.24) is 19.5 Å². The van der Waals surface area contributed by atoms with Gasteiger partial charge in [0.2, 0.25) is 0 Å². The summed E-state index contributed by atoms with van der Waals surface area (Å²) in [6.07, 6.45) is -0.800. The fourth-order valence-corrected chi connectivity index (χ4v) is 3.06. The summed E-state index contributed by atoms with van der Waals surface area (Å²) in [6, 6.07) is 5.29. The first-order chi connectivity index (χ1) is 13.4. The largest absolute Gasteiger partial charge is 0.573 e. The van der Waals surface area contributed by atoms with Crippen LogP contribution >= 0.6 is 0 Å². The van der Waals surface area contributed by atoms with Gasteiger partial charge in [-0.1, -0.05) is 0 Å². The predicted octanol–water partition coefficient (Wildman–Crippen LogP) is 3.14. The van der Waals surface area contributed by atoms with Crippen LogP contribution in [0.4, 0.5) is 24.7 Å². The summed E-state index contributed by atoms with van der Waals surface area (Å²) < 4.78 is 48.1. The van der Waals surface area contributed by atoms with Gasteiger partial charge < -0.3 is 19.9 Å². The molecule has 0 aliphatic carbocycles. The van der Waals surface area contributed by atoms with E-state index in [1.165, 1.54) is 30.6 Å². The Morgan fingerprint density at radius 2 is 1.96 bits per heavy atom. The van der Waals surface area contributed by atoms with Crippen molar-refractivity contribution in [2.45, 2.75) is 31.5 Å². The maximum Gasteiger partial charge on any atom is 0.573 e. The number of nitrogens with zero attached hydrogens (tertiary/aromatic N) is 4. The molecule has 0 spiro atoms. The van der Waals surface area contributed by atoms with Gasteiger partial charge in [0, 0.05) is 5.69 Å². The molecule has 0 amide bonds. The standard InChI is InChI=1S/C17H16F3N5O3/c18-17(19,20)28-11-3-1-10(2-4-11)24-15-14-16(22-8-21-15)25(9-23-14)13-6-5-12(7-26)27-13/h1-4,8-9,12-13,26H,5-7H2,(H,21,22,24)/t12?,13-/m1/s1. The van der Waals surface area contributed by atoms with Gasteiger partial charge in [-0.2, -0.15) is 0 Å². The molecule has 0 saturated carbocycles. The second kappa shape index (κ2) is 7.24. The number of benzene rings is 1. The summed E-state index contributed by atoms with van der Waals surface area (Å²) in [5.41, 5.74) is 1.56. The second-order valence-electron chi connectivity index (χ2n) is 6.22. The van der Waals surface area contributed by atoms with E-state index in [-0.39, 0.29) is 24.7 Å². The van der Waals surface area contributed by atoms with Crippen molar-refractivity contribution in [3.05, 3.63) is 36.9 Å². The van der Waals surface area contributed by atoms with Crippen LogP contribution in [0.1, 0.15) is 19.1 Å². The lowest BCUT2D eigenvalue weighted by Crippen LogP contribution is -2.16. The maximum atomic E-state index is 12.3. The minimum atomic E-state index is -4.74. The van der Waals surface area contributed by atoms with E-state index < -0.39 is 6.36 Å². The maximum absolute atomic E-state index is 12.3. The Bertz CT molecular complexity index is 961. The fourth-order valence-electron chi connectivity index (χ4n) is 3.06. The van der Waals surface area contributed by atoms with Crippen LogP contribution < -0.4 is 10.1 Å². The smallest absolute Gasteiger partial charge is 0.406 e. The van der Waals surface area contributed by atoms with Crippen molar-refractivity contribution >= 4 is 22.7 Å². The highest BCUT2D eigenvalue weighted by Crippen LogP contribution is 2.32. The van der Waals surface area contributed by atoms with Crippen LogP contribution in [0, 0.1) is 0 Å². The van der Waals surface area contributed by atoms with E-state index in [2.05, 4.69) is 25.0 Å². The van der Waals surface area contributed by atoms with E-state index in [9.17, 15) is 18.3 Å². The molecule has 11 heteroatoms. The van der Waals surface area contributed by atoms with Crippen LogP contribution in [0.3, 0.4) is 0 Å². The first-order valence-corrected chi connectivity index (χ1v) is 8.49. The average molecular weight is 395 g/mol. The Balaban J connectivity index is 1.55. The van der Waals surface area contributed by atoms with Gasteiger partial charge in [0.25, 0.3) is 0 Å². The molecule has 148 valence electrons. The second-order valence-corrected chi connectivity index (χ2v) is 6.22. The summed E-state index contributed by atoms with van der Waals surface area (Å²) in [7, 11) is 0. The molecule has 1 saturated heterocycles. The minimum Gasteiger partial charge on any atom is -0.406 e. The molecule has 0 radical (unpaired) electrons. The van der Waals surface area contributed by atoms with Crippen LogP contribution in [0.5, 0.6) is 5.75 Å². The number of aliphatic hydroxyl groups excluding tert-OH is 1. The fraction of sp³-hybridized carbons (Fsp3) is 0.353. The van der Waals surface area contributed by atoms with Gasteiger partial charge in [-0.25, -0.2) is 15.0 Å². The molecule has 1 aliphatic rings. The molecule has 3 aromatic rings. The Morgan fingerprint density at radius 1 is 1.18 bits per heavy atom. The number of fused-ring (bicyclic) bond motifs is 1. The normalized spacial score (nSPS) is 19.9. The topological polar surface area (TPSA) is 94.3 Å². The van der Waals surface area contributed by atoms with E-state index in [0.717, 1.165) is 12.8 Å². The molecule has 2 N–H and O–H groups in total. The van der Waals surface area contributed by atoms with Gasteiger partial charge in [-0.3, -0.25) is 4.57 Å². The molecule has 2 atom stereocenters. The van der Waals surface area contributed by atoms with Gasteiger partial charge in [0.05, 0.1) is 19.0 Å². The van der Waals surface area contributed by atoms with Gasteiger partial charge in [-0.15, -0.1) is 13.2 Å². The molecule has 3 heterocycles. The highest BCUT2D eigenvalue weighted by atomic mass is 19.4. The van der Waals surface area contributed by atoms with Gasteiger partial charge >= 0.3 is 6.36 Å². The van der Waals surface area contributed by atoms with E-state index in [1.807, 2.05) is 0 Å². The Hall–Kier alpha value is -2.92. The number of aliphatic hydroxyl groups is 1. The lowest BCUT2D eigenvalue weighted by Gasteiger charge is -2.14. The summed E-state index contributed by atoms with van der Waals surface area (Å²) in [6.45, 7) is -0.0427. The summed E-state index contributed by atoms with van der Waals surface area (Å²) in [4.78, 5) is 12.8. The van der Waals surface area contributed by atoms with Crippen molar-refractivity contribution < 1.29 is 27.8 Å². The molecule has 1 fully saturated rings. The van der Waals surface area contributed by atoms with Crippen LogP contribution in [0.2, 0.25) is 0 Å². The molecular weight excluding hydrogens is 379 g/mol. The first kappa shape index (κ1) is 18.4. The number of alkyl halides is 3. The van der Waals surface area contributed by atoms with Gasteiger partial charge in [0.1, 0.15) is 18.3 Å².